The molecule has 4 nitrogen and oxygen atoms in total. The van der Waals surface area contributed by atoms with Crippen LogP contribution in [0.5, 0.6) is 0 Å². The maximum atomic E-state index is 11.0. The monoisotopic (exact) mass is 241 g/mol. The van der Waals surface area contributed by atoms with Gasteiger partial charge in [-0.05, 0) is 18.6 Å². The molecule has 0 spiro atoms. The second kappa shape index (κ2) is 5.65. The molecule has 5 heteroatoms. The standard InChI is InChI=1S/C11H15NO3S/c1-3-8-4-5-10(16-8)9(6-11(14)15)12-7(2)13/h4-5,9H,3,6H2,1-2H3,(H,12,13)(H,14,15)/t9-/m0/s1. The van der Waals surface area contributed by atoms with Gasteiger partial charge < -0.3 is 10.4 Å². The Bertz CT molecular complexity index is 370. The Balaban J connectivity index is 2.82. The lowest BCUT2D eigenvalue weighted by atomic mass is 10.1. The van der Waals surface area contributed by atoms with Gasteiger partial charge in [0.15, 0.2) is 0 Å². The summed E-state index contributed by atoms with van der Waals surface area (Å²) in [6.45, 7) is 3.43. The molecule has 88 valence electrons. The maximum absolute atomic E-state index is 11.0. The predicted octanol–water partition coefficient (Wildman–Crippen LogP) is 1.96. The summed E-state index contributed by atoms with van der Waals surface area (Å²) in [7, 11) is 0. The molecule has 0 saturated heterocycles. The van der Waals surface area contributed by atoms with Crippen molar-refractivity contribution >= 4 is 23.2 Å². The zero-order valence-electron chi connectivity index (χ0n) is 9.32. The summed E-state index contributed by atoms with van der Waals surface area (Å²) in [5.41, 5.74) is 0. The summed E-state index contributed by atoms with van der Waals surface area (Å²) in [5.74, 6) is -1.12. The van der Waals surface area contributed by atoms with E-state index in [0.717, 1.165) is 11.3 Å². The number of aliphatic carboxylic acids is 1. The summed E-state index contributed by atoms with van der Waals surface area (Å²) in [6.07, 6.45) is 0.841. The van der Waals surface area contributed by atoms with Crippen LogP contribution in [0.15, 0.2) is 12.1 Å². The van der Waals surface area contributed by atoms with Gasteiger partial charge in [-0.2, -0.15) is 0 Å². The van der Waals surface area contributed by atoms with Crippen molar-refractivity contribution in [1.82, 2.24) is 5.32 Å². The van der Waals surface area contributed by atoms with Crippen LogP contribution in [0.2, 0.25) is 0 Å². The highest BCUT2D eigenvalue weighted by Crippen LogP contribution is 2.26. The highest BCUT2D eigenvalue weighted by Gasteiger charge is 2.18. The molecular weight excluding hydrogens is 226 g/mol. The summed E-state index contributed by atoms with van der Waals surface area (Å²) in [5, 5.41) is 11.4. The number of aryl methyl sites for hydroxylation is 1. The second-order valence-corrected chi connectivity index (χ2v) is 4.71. The van der Waals surface area contributed by atoms with Gasteiger partial charge in [0, 0.05) is 16.7 Å². The summed E-state index contributed by atoms with van der Waals surface area (Å²) >= 11 is 1.55. The molecule has 0 bridgehead atoms. The Morgan fingerprint density at radius 2 is 2.19 bits per heavy atom. The predicted molar refractivity (Wildman–Crippen MR) is 62.5 cm³/mol. The van der Waals surface area contributed by atoms with Crippen LogP contribution in [0.4, 0.5) is 0 Å². The van der Waals surface area contributed by atoms with Crippen molar-refractivity contribution in [2.45, 2.75) is 32.7 Å². The van der Waals surface area contributed by atoms with E-state index in [4.69, 9.17) is 5.11 Å². The van der Waals surface area contributed by atoms with Crippen molar-refractivity contribution in [3.05, 3.63) is 21.9 Å². The van der Waals surface area contributed by atoms with Gasteiger partial charge in [-0.1, -0.05) is 6.92 Å². The smallest absolute Gasteiger partial charge is 0.305 e. The molecule has 0 aliphatic heterocycles. The number of carboxylic acid groups (broad SMARTS) is 1. The summed E-state index contributed by atoms with van der Waals surface area (Å²) in [4.78, 5) is 23.8. The molecule has 1 atom stereocenters. The van der Waals surface area contributed by atoms with Gasteiger partial charge in [0.2, 0.25) is 5.91 Å². The number of hydrogen-bond acceptors (Lipinski definition) is 3. The van der Waals surface area contributed by atoms with E-state index in [0.29, 0.717) is 0 Å². The molecule has 2 N–H and O–H groups in total. The molecule has 0 saturated carbocycles. The van der Waals surface area contributed by atoms with E-state index < -0.39 is 12.0 Å². The van der Waals surface area contributed by atoms with E-state index >= 15 is 0 Å². The summed E-state index contributed by atoms with van der Waals surface area (Å²) in [6, 6.07) is 3.43. The average molecular weight is 241 g/mol. The van der Waals surface area contributed by atoms with Gasteiger partial charge in [-0.3, -0.25) is 9.59 Å². The molecular formula is C11H15NO3S. The lowest BCUT2D eigenvalue weighted by Gasteiger charge is -2.13. The van der Waals surface area contributed by atoms with Gasteiger partial charge in [0.05, 0.1) is 12.5 Å². The number of carboxylic acids is 1. The molecule has 16 heavy (non-hydrogen) atoms. The first-order valence-electron chi connectivity index (χ1n) is 5.10. The van der Waals surface area contributed by atoms with Crippen LogP contribution < -0.4 is 5.32 Å². The van der Waals surface area contributed by atoms with Crippen molar-refractivity contribution in [2.75, 3.05) is 0 Å². The number of rotatable bonds is 5. The highest BCUT2D eigenvalue weighted by molar-refractivity contribution is 7.12. The van der Waals surface area contributed by atoms with E-state index in [-0.39, 0.29) is 12.3 Å². The van der Waals surface area contributed by atoms with E-state index in [1.165, 1.54) is 11.8 Å². The number of hydrogen-bond donors (Lipinski definition) is 2. The quantitative estimate of drug-likeness (QED) is 0.828. The zero-order valence-corrected chi connectivity index (χ0v) is 10.1. The van der Waals surface area contributed by atoms with Crippen LogP contribution in [-0.4, -0.2) is 17.0 Å². The molecule has 1 rings (SSSR count). The normalized spacial score (nSPS) is 12.1. The van der Waals surface area contributed by atoms with Crippen LogP contribution in [0.25, 0.3) is 0 Å². The van der Waals surface area contributed by atoms with Gasteiger partial charge >= 0.3 is 5.97 Å². The van der Waals surface area contributed by atoms with Gasteiger partial charge in [0.25, 0.3) is 0 Å². The molecule has 1 aromatic rings. The molecule has 0 radical (unpaired) electrons. The number of thiophene rings is 1. The molecule has 0 unspecified atom stereocenters. The Hall–Kier alpha value is -1.36. The van der Waals surface area contributed by atoms with Gasteiger partial charge in [0.1, 0.15) is 0 Å². The van der Waals surface area contributed by atoms with Crippen LogP contribution in [0, 0.1) is 0 Å². The Morgan fingerprint density at radius 1 is 1.50 bits per heavy atom. The first-order valence-corrected chi connectivity index (χ1v) is 5.92. The number of carbonyl (C=O) groups excluding carboxylic acids is 1. The van der Waals surface area contributed by atoms with E-state index in [1.807, 2.05) is 19.1 Å². The highest BCUT2D eigenvalue weighted by atomic mass is 32.1. The largest absolute Gasteiger partial charge is 0.481 e. The van der Waals surface area contributed by atoms with Crippen LogP contribution in [0.3, 0.4) is 0 Å². The fraction of sp³-hybridized carbons (Fsp3) is 0.455. The first-order chi connectivity index (χ1) is 7.52. The van der Waals surface area contributed by atoms with Crippen molar-refractivity contribution in [3.8, 4) is 0 Å². The summed E-state index contributed by atoms with van der Waals surface area (Å²) < 4.78 is 0. The molecule has 0 fully saturated rings. The van der Waals surface area contributed by atoms with Crippen molar-refractivity contribution in [2.24, 2.45) is 0 Å². The maximum Gasteiger partial charge on any atom is 0.305 e. The minimum absolute atomic E-state index is 0.0801. The topological polar surface area (TPSA) is 66.4 Å². The third-order valence-corrected chi connectivity index (χ3v) is 3.47. The lowest BCUT2D eigenvalue weighted by Crippen LogP contribution is -2.27. The van der Waals surface area contributed by atoms with E-state index in [9.17, 15) is 9.59 Å². The van der Waals surface area contributed by atoms with Crippen LogP contribution in [-0.2, 0) is 16.0 Å². The molecule has 1 heterocycles. The number of amides is 1. The molecule has 0 aromatic carbocycles. The van der Waals surface area contributed by atoms with Crippen LogP contribution in [0.1, 0.15) is 36.1 Å². The van der Waals surface area contributed by atoms with Crippen LogP contribution >= 0.6 is 11.3 Å². The molecule has 0 aliphatic rings. The SMILES string of the molecule is CCc1ccc([C@H](CC(=O)O)NC(C)=O)s1. The molecule has 0 aliphatic carbocycles. The van der Waals surface area contributed by atoms with E-state index in [2.05, 4.69) is 5.32 Å². The molecule has 1 aromatic heterocycles. The minimum atomic E-state index is -0.912. The second-order valence-electron chi connectivity index (χ2n) is 3.51. The lowest BCUT2D eigenvalue weighted by molar-refractivity contribution is -0.137. The van der Waals surface area contributed by atoms with Crippen molar-refractivity contribution in [3.63, 3.8) is 0 Å². The third kappa shape index (κ3) is 3.66. The van der Waals surface area contributed by atoms with Crippen molar-refractivity contribution in [1.29, 1.82) is 0 Å². The minimum Gasteiger partial charge on any atom is -0.481 e. The zero-order chi connectivity index (χ0) is 12.1. The van der Waals surface area contributed by atoms with Gasteiger partial charge in [-0.25, -0.2) is 0 Å². The Morgan fingerprint density at radius 3 is 2.62 bits per heavy atom. The van der Waals surface area contributed by atoms with E-state index in [1.54, 1.807) is 11.3 Å². The Labute approximate surface area is 98.3 Å². The third-order valence-electron chi connectivity index (χ3n) is 2.13. The molecule has 1 amide bonds. The fourth-order valence-corrected chi connectivity index (χ4v) is 2.42. The number of nitrogens with one attached hydrogen (secondary N) is 1. The first kappa shape index (κ1) is 12.7. The fourth-order valence-electron chi connectivity index (χ4n) is 1.41. The number of carbonyl (C=O) groups is 2. The van der Waals surface area contributed by atoms with Gasteiger partial charge in [-0.15, -0.1) is 11.3 Å². The average Bonchev–Trinajstić information content (AvgIpc) is 2.63. The Kier molecular flexibility index (Phi) is 4.49. The van der Waals surface area contributed by atoms with Crippen molar-refractivity contribution < 1.29 is 14.7 Å².